The lowest BCUT2D eigenvalue weighted by Crippen LogP contribution is -2.43. The highest BCUT2D eigenvalue weighted by molar-refractivity contribution is 6.31. The van der Waals surface area contributed by atoms with Crippen LogP contribution in [-0.2, 0) is 12.0 Å². The predicted octanol–water partition coefficient (Wildman–Crippen LogP) is 7.38. The van der Waals surface area contributed by atoms with Gasteiger partial charge in [-0.25, -0.2) is 9.48 Å². The molecule has 2 saturated heterocycles. The maximum atomic E-state index is 13.8. The standard InChI is InChI=1S/C41H51ClN10O2/c1-41(2,3)36-25-38(52(47-36)29-12-14-33(42)28(24-29)26-49-22-20-48(4)21-23-49)44-39(53)43-34-15-16-35(32-11-7-6-10-31(32)34)54-30-13-17-37-45-46-40(51(37)27-30)50-18-8-5-9-19-50/h6-7,10-14,17,24-25,27,34-35H,5,8-9,15-16,18-23,26H2,1-4H3,(H2,43,44,53). The Morgan fingerprint density at radius 1 is 0.907 bits per heavy atom. The van der Waals surface area contributed by atoms with Gasteiger partial charge in [0.25, 0.3) is 0 Å². The molecule has 0 bridgehead atoms. The zero-order valence-electron chi connectivity index (χ0n) is 31.8. The van der Waals surface area contributed by atoms with Gasteiger partial charge in [0, 0.05) is 62.3 Å². The average Bonchev–Trinajstić information content (AvgIpc) is 3.79. The second-order valence-corrected chi connectivity index (χ2v) is 16.4. The third kappa shape index (κ3) is 7.78. The molecule has 5 heterocycles. The molecule has 0 spiro atoms. The monoisotopic (exact) mass is 750 g/mol. The van der Waals surface area contributed by atoms with Crippen LogP contribution in [0.25, 0.3) is 11.3 Å². The summed E-state index contributed by atoms with van der Waals surface area (Å²) in [5.74, 6) is 2.23. The van der Waals surface area contributed by atoms with Crippen LogP contribution in [0, 0.1) is 0 Å². The van der Waals surface area contributed by atoms with Gasteiger partial charge in [-0.3, -0.25) is 14.6 Å². The van der Waals surface area contributed by atoms with Gasteiger partial charge < -0.3 is 19.9 Å². The number of piperazine rings is 1. The van der Waals surface area contributed by atoms with E-state index in [1.807, 2.05) is 57.7 Å². The van der Waals surface area contributed by atoms with E-state index in [0.29, 0.717) is 5.82 Å². The number of anilines is 2. The summed E-state index contributed by atoms with van der Waals surface area (Å²) in [6, 6.07) is 19.7. The maximum Gasteiger partial charge on any atom is 0.320 e. The van der Waals surface area contributed by atoms with Crippen LogP contribution in [0.15, 0.2) is 66.9 Å². The third-order valence-corrected chi connectivity index (χ3v) is 11.4. The van der Waals surface area contributed by atoms with E-state index in [-0.39, 0.29) is 23.6 Å². The SMILES string of the molecule is CN1CCN(Cc2cc(-n3nc(C(C)(C)C)cc3NC(=O)NC3CCC(Oc4ccc5nnc(N6CCCCC6)n5c4)c4ccccc43)ccc2Cl)CC1. The minimum Gasteiger partial charge on any atom is -0.484 e. The number of ether oxygens (including phenoxy) is 1. The third-order valence-electron chi connectivity index (χ3n) is 11.0. The van der Waals surface area contributed by atoms with E-state index in [1.165, 1.54) is 19.3 Å². The van der Waals surface area contributed by atoms with Crippen LogP contribution in [0.4, 0.5) is 16.6 Å². The molecule has 2 amide bonds. The van der Waals surface area contributed by atoms with E-state index in [0.717, 1.165) is 109 Å². The Hall–Kier alpha value is -4.65. The number of nitrogens with zero attached hydrogens (tertiary/aromatic N) is 8. The summed E-state index contributed by atoms with van der Waals surface area (Å²) in [6.07, 6.45) is 6.90. The van der Waals surface area contributed by atoms with Crippen LogP contribution in [0.2, 0.25) is 5.02 Å². The minimum absolute atomic E-state index is 0.157. The number of fused-ring (bicyclic) bond motifs is 2. The lowest BCUT2D eigenvalue weighted by atomic mass is 9.85. The second kappa shape index (κ2) is 15.2. The van der Waals surface area contributed by atoms with E-state index in [2.05, 4.69) is 81.5 Å². The van der Waals surface area contributed by atoms with Crippen LogP contribution in [-0.4, -0.2) is 86.5 Å². The van der Waals surface area contributed by atoms with Crippen molar-refractivity contribution < 1.29 is 9.53 Å². The summed E-state index contributed by atoms with van der Waals surface area (Å²) >= 11 is 6.73. The van der Waals surface area contributed by atoms with Crippen molar-refractivity contribution in [3.8, 4) is 11.4 Å². The number of urea groups is 1. The van der Waals surface area contributed by atoms with Crippen molar-refractivity contribution in [3.63, 3.8) is 0 Å². The van der Waals surface area contributed by atoms with Crippen molar-refractivity contribution in [2.45, 2.75) is 77.0 Å². The van der Waals surface area contributed by atoms with Crippen LogP contribution in [0.3, 0.4) is 0 Å². The summed E-state index contributed by atoms with van der Waals surface area (Å²) in [7, 11) is 2.16. The van der Waals surface area contributed by atoms with E-state index >= 15 is 0 Å². The molecule has 0 saturated carbocycles. The van der Waals surface area contributed by atoms with Crippen molar-refractivity contribution in [2.75, 3.05) is 56.5 Å². The number of amides is 2. The quantitative estimate of drug-likeness (QED) is 0.169. The van der Waals surface area contributed by atoms with Gasteiger partial charge in [0.1, 0.15) is 17.7 Å². The van der Waals surface area contributed by atoms with Crippen LogP contribution < -0.4 is 20.3 Å². The fraction of sp³-hybridized carbons (Fsp3) is 0.463. The summed E-state index contributed by atoms with van der Waals surface area (Å²) in [5.41, 5.74) is 5.48. The first-order chi connectivity index (χ1) is 26.1. The van der Waals surface area contributed by atoms with Crippen molar-refractivity contribution in [3.05, 3.63) is 94.3 Å². The largest absolute Gasteiger partial charge is 0.484 e. The molecular weight excluding hydrogens is 700 g/mol. The fourth-order valence-electron chi connectivity index (χ4n) is 7.83. The molecule has 2 atom stereocenters. The molecule has 284 valence electrons. The molecule has 2 aromatic carbocycles. The summed E-state index contributed by atoms with van der Waals surface area (Å²) in [4.78, 5) is 20.9. The molecule has 8 rings (SSSR count). The van der Waals surface area contributed by atoms with Gasteiger partial charge >= 0.3 is 6.03 Å². The molecular formula is C41H51ClN10O2. The van der Waals surface area contributed by atoms with Crippen LogP contribution in [0.1, 0.15) is 87.4 Å². The highest BCUT2D eigenvalue weighted by Crippen LogP contribution is 2.39. The molecule has 12 nitrogen and oxygen atoms in total. The lowest BCUT2D eigenvalue weighted by Gasteiger charge is -2.32. The van der Waals surface area contributed by atoms with Gasteiger partial charge in [-0.2, -0.15) is 5.10 Å². The number of carbonyl (C=O) groups excluding carboxylic acids is 1. The van der Waals surface area contributed by atoms with Gasteiger partial charge in [0.05, 0.1) is 23.6 Å². The second-order valence-electron chi connectivity index (χ2n) is 16.0. The number of halogens is 1. The fourth-order valence-corrected chi connectivity index (χ4v) is 8.01. The van der Waals surface area contributed by atoms with Crippen molar-refractivity contribution in [2.24, 2.45) is 0 Å². The van der Waals surface area contributed by atoms with E-state index < -0.39 is 0 Å². The molecule has 1 aliphatic carbocycles. The zero-order chi connectivity index (χ0) is 37.4. The van der Waals surface area contributed by atoms with Crippen molar-refractivity contribution in [1.82, 2.24) is 39.5 Å². The molecule has 3 aromatic heterocycles. The molecule has 2 unspecified atom stereocenters. The Kier molecular flexibility index (Phi) is 10.3. The molecule has 54 heavy (non-hydrogen) atoms. The number of nitrogens with one attached hydrogen (secondary N) is 2. The van der Waals surface area contributed by atoms with Gasteiger partial charge in [-0.15, -0.1) is 10.2 Å². The molecule has 5 aromatic rings. The first kappa shape index (κ1) is 36.3. The van der Waals surface area contributed by atoms with Gasteiger partial charge in [0.15, 0.2) is 5.65 Å². The Bertz CT molecular complexity index is 2110. The molecule has 2 aliphatic heterocycles. The van der Waals surface area contributed by atoms with E-state index in [9.17, 15) is 4.79 Å². The van der Waals surface area contributed by atoms with Crippen molar-refractivity contribution >= 4 is 35.0 Å². The van der Waals surface area contributed by atoms with Crippen LogP contribution in [0.5, 0.6) is 5.75 Å². The van der Waals surface area contributed by atoms with Gasteiger partial charge in [-0.1, -0.05) is 56.6 Å². The number of carbonyl (C=O) groups is 1. The zero-order valence-corrected chi connectivity index (χ0v) is 32.5. The van der Waals surface area contributed by atoms with E-state index in [4.69, 9.17) is 21.4 Å². The van der Waals surface area contributed by atoms with Crippen molar-refractivity contribution in [1.29, 1.82) is 0 Å². The number of hydrogen-bond donors (Lipinski definition) is 2. The first-order valence-corrected chi connectivity index (χ1v) is 19.7. The average molecular weight is 751 g/mol. The van der Waals surface area contributed by atoms with Gasteiger partial charge in [0.2, 0.25) is 5.95 Å². The Morgan fingerprint density at radius 2 is 1.69 bits per heavy atom. The Morgan fingerprint density at radius 3 is 2.46 bits per heavy atom. The number of likely N-dealkylation sites (N-methyl/N-ethyl adjacent to an activating group) is 1. The number of benzene rings is 2. The Balaban J connectivity index is 0.989. The minimum atomic E-state index is -0.286. The highest BCUT2D eigenvalue weighted by Gasteiger charge is 2.30. The lowest BCUT2D eigenvalue weighted by molar-refractivity contribution is 0.148. The Labute approximate surface area is 322 Å². The normalized spacial score (nSPS) is 19.8. The maximum absolute atomic E-state index is 13.8. The number of aromatic nitrogens is 5. The number of rotatable bonds is 8. The predicted molar refractivity (Wildman–Crippen MR) is 213 cm³/mol. The summed E-state index contributed by atoms with van der Waals surface area (Å²) < 4.78 is 10.5. The first-order valence-electron chi connectivity index (χ1n) is 19.3. The topological polar surface area (TPSA) is 108 Å². The molecule has 2 fully saturated rings. The highest BCUT2D eigenvalue weighted by atomic mass is 35.5. The smallest absolute Gasteiger partial charge is 0.320 e. The molecule has 3 aliphatic rings. The number of hydrogen-bond acceptors (Lipinski definition) is 8. The van der Waals surface area contributed by atoms with Crippen LogP contribution >= 0.6 is 11.6 Å². The van der Waals surface area contributed by atoms with Gasteiger partial charge in [-0.05, 0) is 86.2 Å². The molecule has 2 N–H and O–H groups in total. The number of pyridine rings is 1. The summed E-state index contributed by atoms with van der Waals surface area (Å²) in [5, 5.41) is 21.1. The molecule has 0 radical (unpaired) electrons. The molecule has 13 heteroatoms. The number of piperidine rings is 1. The van der Waals surface area contributed by atoms with E-state index in [1.54, 1.807) is 0 Å². The summed E-state index contributed by atoms with van der Waals surface area (Å²) in [6.45, 7) is 13.2.